The maximum atomic E-state index is 5.59. The Balaban J connectivity index is 1.92. The number of benzene rings is 1. The minimum Gasteiger partial charge on any atom is -0.493 e. The molecule has 0 aliphatic heterocycles. The molecule has 2 rings (SSSR count). The van der Waals surface area contributed by atoms with Crippen LogP contribution in [0.2, 0.25) is 0 Å². The number of nitrogen functional groups attached to an aromatic ring is 1. The average Bonchev–Trinajstić information content (AvgIpc) is 2.86. The highest BCUT2D eigenvalue weighted by molar-refractivity contribution is 7.15. The molecule has 5 nitrogen and oxygen atoms in total. The minimum absolute atomic E-state index is 0.601. The number of methoxy groups -OCH3 is 1. The molecule has 0 radical (unpaired) electrons. The highest BCUT2D eigenvalue weighted by atomic mass is 32.1. The lowest BCUT2D eigenvalue weighted by atomic mass is 10.2. The van der Waals surface area contributed by atoms with Crippen LogP contribution >= 0.6 is 11.3 Å². The first-order valence-electron chi connectivity index (χ1n) is 6.43. The molecule has 2 aromatic rings. The van der Waals surface area contributed by atoms with E-state index < -0.39 is 0 Å². The van der Waals surface area contributed by atoms with Gasteiger partial charge in [0.2, 0.25) is 0 Å². The summed E-state index contributed by atoms with van der Waals surface area (Å²) in [4.78, 5) is 5.15. The Morgan fingerprint density at radius 3 is 2.80 bits per heavy atom. The van der Waals surface area contributed by atoms with Gasteiger partial charge in [0.05, 0.1) is 13.7 Å². The maximum Gasteiger partial charge on any atom is 0.180 e. The molecule has 0 bridgehead atoms. The van der Waals surface area contributed by atoms with Crippen LogP contribution in [0.25, 0.3) is 0 Å². The van der Waals surface area contributed by atoms with Crippen LogP contribution in [0.4, 0.5) is 5.13 Å². The van der Waals surface area contributed by atoms with Gasteiger partial charge in [-0.15, -0.1) is 11.3 Å². The summed E-state index contributed by atoms with van der Waals surface area (Å²) in [5.74, 6) is 1.53. The molecule has 0 aliphatic rings. The van der Waals surface area contributed by atoms with E-state index in [1.807, 2.05) is 25.1 Å². The van der Waals surface area contributed by atoms with E-state index in [0.29, 0.717) is 11.7 Å². The van der Waals surface area contributed by atoms with E-state index in [-0.39, 0.29) is 0 Å². The van der Waals surface area contributed by atoms with Gasteiger partial charge in [0.15, 0.2) is 16.6 Å². The molecule has 3 N–H and O–H groups in total. The molecule has 1 heterocycles. The van der Waals surface area contributed by atoms with E-state index in [0.717, 1.165) is 35.0 Å². The second kappa shape index (κ2) is 7.12. The van der Waals surface area contributed by atoms with Crippen LogP contribution in [0, 0.1) is 0 Å². The highest BCUT2D eigenvalue weighted by Gasteiger charge is 2.05. The second-order valence-electron chi connectivity index (χ2n) is 4.19. The van der Waals surface area contributed by atoms with Crippen molar-refractivity contribution in [3.63, 3.8) is 0 Å². The Hall–Kier alpha value is -1.79. The lowest BCUT2D eigenvalue weighted by Gasteiger charge is -2.11. The third kappa shape index (κ3) is 3.85. The van der Waals surface area contributed by atoms with Gasteiger partial charge in [-0.25, -0.2) is 4.98 Å². The third-order valence-corrected chi connectivity index (χ3v) is 3.55. The van der Waals surface area contributed by atoms with E-state index in [9.17, 15) is 0 Å². The number of nitrogens with two attached hydrogens (primary N) is 1. The molecule has 0 spiro atoms. The molecule has 0 aliphatic carbocycles. The molecule has 0 saturated carbocycles. The van der Waals surface area contributed by atoms with Crippen molar-refractivity contribution in [1.29, 1.82) is 0 Å². The molecule has 1 aromatic heterocycles. The number of hydrogen-bond acceptors (Lipinski definition) is 6. The van der Waals surface area contributed by atoms with Crippen LogP contribution in [-0.4, -0.2) is 18.7 Å². The summed E-state index contributed by atoms with van der Waals surface area (Å²) in [5.41, 5.74) is 6.74. The Morgan fingerprint density at radius 2 is 2.15 bits per heavy atom. The Kier molecular flexibility index (Phi) is 5.20. The summed E-state index contributed by atoms with van der Waals surface area (Å²) >= 11 is 1.50. The fourth-order valence-electron chi connectivity index (χ4n) is 1.83. The molecule has 6 heteroatoms. The van der Waals surface area contributed by atoms with Crippen molar-refractivity contribution < 1.29 is 9.47 Å². The van der Waals surface area contributed by atoms with E-state index in [2.05, 4.69) is 10.3 Å². The monoisotopic (exact) mass is 293 g/mol. The number of ether oxygens (including phenoxy) is 2. The van der Waals surface area contributed by atoms with Crippen molar-refractivity contribution in [1.82, 2.24) is 10.3 Å². The largest absolute Gasteiger partial charge is 0.493 e. The highest BCUT2D eigenvalue weighted by Crippen LogP contribution is 2.28. The van der Waals surface area contributed by atoms with Crippen LogP contribution in [0.1, 0.15) is 17.4 Å². The first kappa shape index (κ1) is 14.6. The molecule has 20 heavy (non-hydrogen) atoms. The van der Waals surface area contributed by atoms with Gasteiger partial charge in [0.1, 0.15) is 0 Å². The summed E-state index contributed by atoms with van der Waals surface area (Å²) in [6.07, 6.45) is 1.80. The van der Waals surface area contributed by atoms with Gasteiger partial charge < -0.3 is 20.5 Å². The average molecular weight is 293 g/mol. The summed E-state index contributed by atoms with van der Waals surface area (Å²) < 4.78 is 10.8. The number of hydrogen-bond donors (Lipinski definition) is 2. The van der Waals surface area contributed by atoms with E-state index in [4.69, 9.17) is 15.2 Å². The maximum absolute atomic E-state index is 5.59. The number of nitrogens with one attached hydrogen (secondary N) is 1. The lowest BCUT2D eigenvalue weighted by molar-refractivity contribution is 0.310. The molecule has 108 valence electrons. The quantitative estimate of drug-likeness (QED) is 0.820. The topological polar surface area (TPSA) is 69.4 Å². The van der Waals surface area contributed by atoms with E-state index >= 15 is 0 Å². The van der Waals surface area contributed by atoms with Gasteiger partial charge in [0, 0.05) is 24.2 Å². The van der Waals surface area contributed by atoms with Crippen LogP contribution in [-0.2, 0) is 13.1 Å². The van der Waals surface area contributed by atoms with Crippen molar-refractivity contribution >= 4 is 16.5 Å². The number of nitrogens with zero attached hydrogens (tertiary/aromatic N) is 1. The van der Waals surface area contributed by atoms with Crippen LogP contribution in [0.3, 0.4) is 0 Å². The van der Waals surface area contributed by atoms with Gasteiger partial charge in [-0.2, -0.15) is 0 Å². The van der Waals surface area contributed by atoms with Gasteiger partial charge in [-0.1, -0.05) is 6.07 Å². The number of thiazole rings is 1. The van der Waals surface area contributed by atoms with Crippen molar-refractivity contribution in [2.24, 2.45) is 0 Å². The SMILES string of the molecule is CCOc1ccc(CNCc2cnc(N)s2)cc1OC. The lowest BCUT2D eigenvalue weighted by Crippen LogP contribution is -2.11. The van der Waals surface area contributed by atoms with Gasteiger partial charge in [-0.3, -0.25) is 0 Å². The minimum atomic E-state index is 0.601. The molecule has 0 saturated heterocycles. The van der Waals surface area contributed by atoms with Crippen LogP contribution in [0.5, 0.6) is 11.5 Å². The summed E-state index contributed by atoms with van der Waals surface area (Å²) in [6, 6.07) is 5.95. The van der Waals surface area contributed by atoms with Crippen LogP contribution in [0.15, 0.2) is 24.4 Å². The first-order chi connectivity index (χ1) is 9.72. The zero-order valence-electron chi connectivity index (χ0n) is 11.7. The smallest absolute Gasteiger partial charge is 0.180 e. The molecule has 0 unspecified atom stereocenters. The fourth-order valence-corrected chi connectivity index (χ4v) is 2.48. The van der Waals surface area contributed by atoms with E-state index in [1.165, 1.54) is 11.3 Å². The summed E-state index contributed by atoms with van der Waals surface area (Å²) in [7, 11) is 1.65. The van der Waals surface area contributed by atoms with Gasteiger partial charge in [0.25, 0.3) is 0 Å². The van der Waals surface area contributed by atoms with Gasteiger partial charge >= 0.3 is 0 Å². The Bertz CT molecular complexity index is 557. The normalized spacial score (nSPS) is 10.5. The number of anilines is 1. The summed E-state index contributed by atoms with van der Waals surface area (Å²) in [6.45, 7) is 4.08. The standard InChI is InChI=1S/C14H19N3O2S/c1-3-19-12-5-4-10(6-13(12)18-2)7-16-8-11-9-17-14(15)20-11/h4-6,9,16H,3,7-8H2,1-2H3,(H2,15,17). The Labute approximate surface area is 122 Å². The van der Waals surface area contributed by atoms with Crippen molar-refractivity contribution in [2.45, 2.75) is 20.0 Å². The van der Waals surface area contributed by atoms with E-state index in [1.54, 1.807) is 13.3 Å². The zero-order valence-corrected chi connectivity index (χ0v) is 12.5. The van der Waals surface area contributed by atoms with Crippen LogP contribution < -0.4 is 20.5 Å². The molecule has 0 fully saturated rings. The van der Waals surface area contributed by atoms with Crippen molar-refractivity contribution in [2.75, 3.05) is 19.5 Å². The number of aromatic nitrogens is 1. The fraction of sp³-hybridized carbons (Fsp3) is 0.357. The van der Waals surface area contributed by atoms with Crippen molar-refractivity contribution in [3.8, 4) is 11.5 Å². The molecule has 1 aromatic carbocycles. The van der Waals surface area contributed by atoms with Crippen molar-refractivity contribution in [3.05, 3.63) is 34.8 Å². The summed E-state index contributed by atoms with van der Waals surface area (Å²) in [5, 5.41) is 3.95. The predicted octanol–water partition coefficient (Wildman–Crippen LogP) is 2.42. The zero-order chi connectivity index (χ0) is 14.4. The molecular weight excluding hydrogens is 274 g/mol. The Morgan fingerprint density at radius 1 is 1.30 bits per heavy atom. The molecule has 0 amide bonds. The molecule has 0 atom stereocenters. The number of rotatable bonds is 7. The second-order valence-corrected chi connectivity index (χ2v) is 5.33. The van der Waals surface area contributed by atoms with Gasteiger partial charge in [-0.05, 0) is 24.6 Å². The first-order valence-corrected chi connectivity index (χ1v) is 7.25. The molecular formula is C14H19N3O2S. The predicted molar refractivity (Wildman–Crippen MR) is 81.2 cm³/mol. The third-order valence-electron chi connectivity index (χ3n) is 2.73.